The van der Waals surface area contributed by atoms with Crippen LogP contribution in [0.4, 0.5) is 0 Å². The van der Waals surface area contributed by atoms with Gasteiger partial charge in [0.15, 0.2) is 0 Å². The molecule has 0 amide bonds. The molecule has 0 radical (unpaired) electrons. The second-order valence-corrected chi connectivity index (χ2v) is 9.65. The van der Waals surface area contributed by atoms with Crippen molar-refractivity contribution in [2.24, 2.45) is 0 Å². The average Bonchev–Trinajstić information content (AvgIpc) is 2.65. The Bertz CT molecular complexity index is 776. The van der Waals surface area contributed by atoms with Crippen LogP contribution < -0.4 is 15.6 Å². The summed E-state index contributed by atoms with van der Waals surface area (Å²) in [5.41, 5.74) is 2.48. The van der Waals surface area contributed by atoms with Crippen LogP contribution >= 0.6 is 0 Å². The lowest BCUT2D eigenvalue weighted by Crippen LogP contribution is -2.70. The van der Waals surface area contributed by atoms with E-state index in [9.17, 15) is 5.11 Å². The number of aliphatic hydroxyl groups excluding tert-OH is 1. The first-order valence-corrected chi connectivity index (χ1v) is 10.5. The minimum atomic E-state index is -2.67. The van der Waals surface area contributed by atoms with Gasteiger partial charge in [0.2, 0.25) is 0 Å². The minimum Gasteiger partial charge on any atom is -0.402 e. The SMILES string of the molecule is Cc1ccc([Si](OCCO)(c2ccccc2)c2ccccc2)c(C)c1. The predicted molar refractivity (Wildman–Crippen MR) is 106 cm³/mol. The summed E-state index contributed by atoms with van der Waals surface area (Å²) < 4.78 is 6.55. The Kier molecular flexibility index (Phi) is 5.49. The third-order valence-electron chi connectivity index (χ3n) is 4.53. The number of aryl methyl sites for hydroxylation is 2. The zero-order chi connectivity index (χ0) is 17.7. The van der Waals surface area contributed by atoms with Crippen LogP contribution in [0.25, 0.3) is 0 Å². The quantitative estimate of drug-likeness (QED) is 0.547. The Morgan fingerprint density at radius 1 is 0.800 bits per heavy atom. The van der Waals surface area contributed by atoms with E-state index in [1.165, 1.54) is 26.7 Å². The third kappa shape index (κ3) is 3.44. The summed E-state index contributed by atoms with van der Waals surface area (Å²) in [5.74, 6) is 0. The molecule has 0 aliphatic carbocycles. The van der Waals surface area contributed by atoms with Crippen molar-refractivity contribution in [1.82, 2.24) is 0 Å². The van der Waals surface area contributed by atoms with Gasteiger partial charge in [-0.05, 0) is 35.0 Å². The first-order chi connectivity index (χ1) is 12.2. The highest BCUT2D eigenvalue weighted by molar-refractivity contribution is 7.07. The number of aliphatic hydroxyl groups is 1. The van der Waals surface area contributed by atoms with Crippen LogP contribution in [-0.4, -0.2) is 26.6 Å². The molecule has 0 heterocycles. The fourth-order valence-electron chi connectivity index (χ4n) is 3.48. The molecule has 0 unspecified atom stereocenters. The van der Waals surface area contributed by atoms with Gasteiger partial charge in [0, 0.05) is 0 Å². The molecule has 1 N–H and O–H groups in total. The van der Waals surface area contributed by atoms with Crippen molar-refractivity contribution < 1.29 is 9.53 Å². The molecule has 0 atom stereocenters. The van der Waals surface area contributed by atoms with Crippen molar-refractivity contribution in [3.63, 3.8) is 0 Å². The molecule has 0 spiro atoms. The first kappa shape index (κ1) is 17.6. The maximum atomic E-state index is 9.48. The van der Waals surface area contributed by atoms with E-state index in [1.807, 2.05) is 12.1 Å². The molecule has 0 fully saturated rings. The topological polar surface area (TPSA) is 29.5 Å². The molecule has 128 valence electrons. The highest BCUT2D eigenvalue weighted by Gasteiger charge is 2.42. The van der Waals surface area contributed by atoms with Crippen LogP contribution in [0.1, 0.15) is 11.1 Å². The summed E-state index contributed by atoms with van der Waals surface area (Å²) in [6.07, 6.45) is 0. The van der Waals surface area contributed by atoms with Gasteiger partial charge in [-0.1, -0.05) is 84.4 Å². The summed E-state index contributed by atoms with van der Waals surface area (Å²) in [6.45, 7) is 4.60. The van der Waals surface area contributed by atoms with Gasteiger partial charge in [-0.25, -0.2) is 0 Å². The lowest BCUT2D eigenvalue weighted by atomic mass is 10.2. The van der Waals surface area contributed by atoms with Crippen LogP contribution in [0, 0.1) is 13.8 Å². The standard InChI is InChI=1S/C22H24O2Si/c1-18-13-14-22(19(2)17-18)25(24-16-15-23,20-9-5-3-6-10-20)21-11-7-4-8-12-21/h3-14,17,23H,15-16H2,1-2H3. The van der Waals surface area contributed by atoms with Crippen LogP contribution in [0.2, 0.25) is 0 Å². The molecule has 0 aromatic heterocycles. The number of rotatable bonds is 6. The van der Waals surface area contributed by atoms with Crippen LogP contribution in [0.15, 0.2) is 78.9 Å². The smallest absolute Gasteiger partial charge is 0.288 e. The molecule has 0 saturated heterocycles. The highest BCUT2D eigenvalue weighted by atomic mass is 28.4. The van der Waals surface area contributed by atoms with E-state index in [2.05, 4.69) is 80.6 Å². The molecular formula is C22H24O2Si. The fourth-order valence-corrected chi connectivity index (χ4v) is 7.59. The molecule has 3 rings (SSSR count). The van der Waals surface area contributed by atoms with Crippen molar-refractivity contribution in [2.75, 3.05) is 13.2 Å². The van der Waals surface area contributed by atoms with Gasteiger partial charge in [0.1, 0.15) is 0 Å². The van der Waals surface area contributed by atoms with Gasteiger partial charge in [0.25, 0.3) is 8.32 Å². The van der Waals surface area contributed by atoms with Gasteiger partial charge >= 0.3 is 0 Å². The lowest BCUT2D eigenvalue weighted by Gasteiger charge is -2.34. The molecule has 3 aromatic carbocycles. The second-order valence-electron chi connectivity index (χ2n) is 6.30. The maximum absolute atomic E-state index is 9.48. The van der Waals surface area contributed by atoms with Gasteiger partial charge < -0.3 is 9.53 Å². The fraction of sp³-hybridized carbons (Fsp3) is 0.182. The van der Waals surface area contributed by atoms with Crippen molar-refractivity contribution >= 4 is 23.9 Å². The van der Waals surface area contributed by atoms with Crippen molar-refractivity contribution in [3.05, 3.63) is 90.0 Å². The zero-order valence-corrected chi connectivity index (χ0v) is 15.8. The van der Waals surface area contributed by atoms with E-state index in [-0.39, 0.29) is 6.61 Å². The lowest BCUT2D eigenvalue weighted by molar-refractivity contribution is 0.202. The zero-order valence-electron chi connectivity index (χ0n) is 14.8. The molecule has 0 aliphatic rings. The van der Waals surface area contributed by atoms with Crippen LogP contribution in [-0.2, 0) is 4.43 Å². The molecule has 0 aliphatic heterocycles. The summed E-state index contributed by atoms with van der Waals surface area (Å²) >= 11 is 0. The number of benzene rings is 3. The molecule has 3 aromatic rings. The molecular weight excluding hydrogens is 324 g/mol. The Morgan fingerprint density at radius 2 is 1.36 bits per heavy atom. The van der Waals surface area contributed by atoms with E-state index in [0.717, 1.165) is 0 Å². The summed E-state index contributed by atoms with van der Waals surface area (Å²) in [6, 6.07) is 27.5. The van der Waals surface area contributed by atoms with Gasteiger partial charge in [-0.15, -0.1) is 0 Å². The van der Waals surface area contributed by atoms with E-state index in [4.69, 9.17) is 4.43 Å². The first-order valence-electron chi connectivity index (χ1n) is 8.62. The Balaban J connectivity index is 2.32. The minimum absolute atomic E-state index is 0.0132. The average molecular weight is 349 g/mol. The number of hydrogen-bond acceptors (Lipinski definition) is 2. The van der Waals surface area contributed by atoms with Crippen LogP contribution in [0.3, 0.4) is 0 Å². The largest absolute Gasteiger partial charge is 0.402 e. The summed E-state index contributed by atoms with van der Waals surface area (Å²) in [4.78, 5) is 0. The Labute approximate surface area is 150 Å². The summed E-state index contributed by atoms with van der Waals surface area (Å²) in [7, 11) is -2.67. The molecule has 2 nitrogen and oxygen atoms in total. The monoisotopic (exact) mass is 348 g/mol. The molecule has 3 heteroatoms. The highest BCUT2D eigenvalue weighted by Crippen LogP contribution is 2.13. The van der Waals surface area contributed by atoms with Crippen molar-refractivity contribution in [3.8, 4) is 0 Å². The van der Waals surface area contributed by atoms with E-state index in [1.54, 1.807) is 0 Å². The summed E-state index contributed by atoms with van der Waals surface area (Å²) in [5, 5.41) is 13.1. The van der Waals surface area contributed by atoms with Gasteiger partial charge in [0.05, 0.1) is 13.2 Å². The van der Waals surface area contributed by atoms with E-state index in [0.29, 0.717) is 6.61 Å². The Morgan fingerprint density at radius 3 is 1.84 bits per heavy atom. The van der Waals surface area contributed by atoms with E-state index >= 15 is 0 Å². The van der Waals surface area contributed by atoms with Gasteiger partial charge in [-0.3, -0.25) is 0 Å². The van der Waals surface area contributed by atoms with Crippen molar-refractivity contribution in [1.29, 1.82) is 0 Å². The van der Waals surface area contributed by atoms with E-state index < -0.39 is 8.32 Å². The second kappa shape index (κ2) is 7.79. The third-order valence-corrected chi connectivity index (χ3v) is 8.78. The Hall–Kier alpha value is -2.20. The normalized spacial score (nSPS) is 11.5. The number of hydrogen-bond donors (Lipinski definition) is 1. The van der Waals surface area contributed by atoms with Gasteiger partial charge in [-0.2, -0.15) is 0 Å². The maximum Gasteiger partial charge on any atom is 0.288 e. The van der Waals surface area contributed by atoms with Crippen LogP contribution in [0.5, 0.6) is 0 Å². The molecule has 0 bridgehead atoms. The molecule has 0 saturated carbocycles. The predicted octanol–water partition coefficient (Wildman–Crippen LogP) is 2.28. The van der Waals surface area contributed by atoms with Crippen molar-refractivity contribution in [2.45, 2.75) is 13.8 Å². The molecule has 25 heavy (non-hydrogen) atoms.